The monoisotopic (exact) mass is 242 g/mol. The standard InChI is InChI=1S/2C6H11NO.CH4/c2*7-6-2-1-5(3-6)4-8;/h2*1-2,5-6,8H,3-4,7H2;1H4/t2*5-,6+;/m10./s1. The summed E-state index contributed by atoms with van der Waals surface area (Å²) in [4.78, 5) is 0. The molecule has 0 aliphatic heterocycles. The zero-order chi connectivity index (χ0) is 12.0. The fraction of sp³-hybridized carbons (Fsp3) is 0.692. The van der Waals surface area contributed by atoms with Crippen molar-refractivity contribution in [3.8, 4) is 0 Å². The molecule has 6 N–H and O–H groups in total. The molecule has 0 aromatic carbocycles. The average molecular weight is 242 g/mol. The van der Waals surface area contributed by atoms with Gasteiger partial charge in [-0.1, -0.05) is 31.7 Å². The SMILES string of the molecule is C.N[C@@H]1C=C[C@H](CO)C1.N[C@H]1C=C[C@@H](CO)C1. The van der Waals surface area contributed by atoms with E-state index in [4.69, 9.17) is 21.7 Å². The second-order valence-electron chi connectivity index (χ2n) is 4.45. The van der Waals surface area contributed by atoms with E-state index < -0.39 is 0 Å². The van der Waals surface area contributed by atoms with Crippen LogP contribution in [0.25, 0.3) is 0 Å². The van der Waals surface area contributed by atoms with E-state index in [9.17, 15) is 0 Å². The van der Waals surface area contributed by atoms with Crippen LogP contribution >= 0.6 is 0 Å². The van der Waals surface area contributed by atoms with Crippen molar-refractivity contribution in [3.05, 3.63) is 24.3 Å². The van der Waals surface area contributed by atoms with Crippen molar-refractivity contribution in [2.45, 2.75) is 32.4 Å². The van der Waals surface area contributed by atoms with Gasteiger partial charge in [0, 0.05) is 37.1 Å². The van der Waals surface area contributed by atoms with Crippen molar-refractivity contribution in [1.29, 1.82) is 0 Å². The summed E-state index contributed by atoms with van der Waals surface area (Å²) in [6.07, 6.45) is 9.67. The molecule has 0 unspecified atom stereocenters. The third-order valence-corrected chi connectivity index (χ3v) is 2.88. The number of aliphatic hydroxyl groups excluding tert-OH is 2. The normalized spacial score (nSPS) is 34.1. The molecule has 0 radical (unpaired) electrons. The molecule has 0 saturated carbocycles. The van der Waals surface area contributed by atoms with Gasteiger partial charge in [-0.25, -0.2) is 0 Å². The van der Waals surface area contributed by atoms with E-state index in [-0.39, 0.29) is 32.7 Å². The van der Waals surface area contributed by atoms with Crippen molar-refractivity contribution < 1.29 is 10.2 Å². The lowest BCUT2D eigenvalue weighted by molar-refractivity contribution is 0.249. The van der Waals surface area contributed by atoms with E-state index >= 15 is 0 Å². The Bertz CT molecular complexity index is 228. The molecule has 2 aliphatic carbocycles. The van der Waals surface area contributed by atoms with Crippen molar-refractivity contribution in [1.82, 2.24) is 0 Å². The fourth-order valence-corrected chi connectivity index (χ4v) is 1.88. The second-order valence-corrected chi connectivity index (χ2v) is 4.45. The molecular weight excluding hydrogens is 216 g/mol. The zero-order valence-corrected chi connectivity index (χ0v) is 9.50. The summed E-state index contributed by atoms with van der Waals surface area (Å²) in [7, 11) is 0. The zero-order valence-electron chi connectivity index (χ0n) is 9.50. The molecule has 0 fully saturated rings. The number of hydrogen-bond acceptors (Lipinski definition) is 4. The van der Waals surface area contributed by atoms with Gasteiger partial charge in [-0.3, -0.25) is 0 Å². The summed E-state index contributed by atoms with van der Waals surface area (Å²) in [5.41, 5.74) is 11.0. The number of rotatable bonds is 2. The molecule has 2 aliphatic rings. The van der Waals surface area contributed by atoms with Crippen LogP contribution in [0.3, 0.4) is 0 Å². The Morgan fingerprint density at radius 2 is 1.18 bits per heavy atom. The molecule has 4 atom stereocenters. The van der Waals surface area contributed by atoms with E-state index in [1.54, 1.807) is 0 Å². The Morgan fingerprint density at radius 3 is 1.29 bits per heavy atom. The minimum absolute atomic E-state index is 0. The van der Waals surface area contributed by atoms with Crippen LogP contribution in [0.1, 0.15) is 20.3 Å². The lowest BCUT2D eigenvalue weighted by Crippen LogP contribution is -2.15. The van der Waals surface area contributed by atoms with E-state index in [1.165, 1.54) is 0 Å². The Labute approximate surface area is 104 Å². The number of aliphatic hydroxyl groups is 2. The summed E-state index contributed by atoms with van der Waals surface area (Å²) in [6.45, 7) is 0.481. The molecule has 0 bridgehead atoms. The summed E-state index contributed by atoms with van der Waals surface area (Å²) < 4.78 is 0. The van der Waals surface area contributed by atoms with Crippen LogP contribution in [-0.2, 0) is 0 Å². The second kappa shape index (κ2) is 8.42. The smallest absolute Gasteiger partial charge is 0.0494 e. The minimum atomic E-state index is 0. The Hall–Kier alpha value is -0.680. The Morgan fingerprint density at radius 1 is 0.824 bits per heavy atom. The molecule has 17 heavy (non-hydrogen) atoms. The van der Waals surface area contributed by atoms with Crippen molar-refractivity contribution in [3.63, 3.8) is 0 Å². The summed E-state index contributed by atoms with van der Waals surface area (Å²) >= 11 is 0. The van der Waals surface area contributed by atoms with Gasteiger partial charge < -0.3 is 21.7 Å². The minimum Gasteiger partial charge on any atom is -0.396 e. The van der Waals surface area contributed by atoms with E-state index in [0.717, 1.165) is 12.8 Å². The average Bonchev–Trinajstić information content (AvgIpc) is 2.88. The van der Waals surface area contributed by atoms with Gasteiger partial charge in [0.05, 0.1) is 0 Å². The predicted octanol–water partition coefficient (Wildman–Crippen LogP) is 0.400. The van der Waals surface area contributed by atoms with E-state index in [0.29, 0.717) is 11.8 Å². The third kappa shape index (κ3) is 5.98. The van der Waals surface area contributed by atoms with Crippen LogP contribution in [0, 0.1) is 11.8 Å². The van der Waals surface area contributed by atoms with Crippen LogP contribution in [0.5, 0.6) is 0 Å². The lowest BCUT2D eigenvalue weighted by Gasteiger charge is -2.02. The summed E-state index contributed by atoms with van der Waals surface area (Å²) in [5.74, 6) is 0.648. The Kier molecular flexibility index (Phi) is 8.08. The van der Waals surface area contributed by atoms with Gasteiger partial charge >= 0.3 is 0 Å². The van der Waals surface area contributed by atoms with Gasteiger partial charge in [0.1, 0.15) is 0 Å². The topological polar surface area (TPSA) is 92.5 Å². The van der Waals surface area contributed by atoms with Crippen LogP contribution < -0.4 is 11.5 Å². The molecule has 0 aromatic heterocycles. The van der Waals surface area contributed by atoms with E-state index in [2.05, 4.69) is 0 Å². The molecule has 0 amide bonds. The quantitative estimate of drug-likeness (QED) is 0.527. The van der Waals surface area contributed by atoms with Crippen molar-refractivity contribution in [2.75, 3.05) is 13.2 Å². The number of hydrogen-bond donors (Lipinski definition) is 4. The molecule has 0 spiro atoms. The maximum absolute atomic E-state index is 8.58. The molecule has 100 valence electrons. The number of nitrogens with two attached hydrogens (primary N) is 2. The highest BCUT2D eigenvalue weighted by molar-refractivity contribution is 5.04. The highest BCUT2D eigenvalue weighted by Gasteiger charge is 2.13. The largest absolute Gasteiger partial charge is 0.396 e. The Balaban J connectivity index is 0.000000284. The molecule has 4 nitrogen and oxygen atoms in total. The van der Waals surface area contributed by atoms with Gasteiger partial charge in [0.15, 0.2) is 0 Å². The molecule has 2 rings (SSSR count). The van der Waals surface area contributed by atoms with Crippen LogP contribution in [0.15, 0.2) is 24.3 Å². The summed E-state index contributed by atoms with van der Waals surface area (Å²) in [5, 5.41) is 17.2. The highest BCUT2D eigenvalue weighted by atomic mass is 16.3. The van der Waals surface area contributed by atoms with Gasteiger partial charge in [-0.05, 0) is 12.8 Å². The fourth-order valence-electron chi connectivity index (χ4n) is 1.88. The van der Waals surface area contributed by atoms with Gasteiger partial charge in [-0.15, -0.1) is 0 Å². The molecule has 4 heteroatoms. The van der Waals surface area contributed by atoms with Crippen LogP contribution in [0.4, 0.5) is 0 Å². The first kappa shape index (κ1) is 16.3. The molecular formula is C13H26N2O2. The first-order valence-corrected chi connectivity index (χ1v) is 5.75. The third-order valence-electron chi connectivity index (χ3n) is 2.88. The molecule has 0 saturated heterocycles. The maximum Gasteiger partial charge on any atom is 0.0494 e. The summed E-state index contributed by atoms with van der Waals surface area (Å²) in [6, 6.07) is 0.374. The van der Waals surface area contributed by atoms with Gasteiger partial charge in [-0.2, -0.15) is 0 Å². The van der Waals surface area contributed by atoms with E-state index in [1.807, 2.05) is 24.3 Å². The molecule has 0 aromatic rings. The first-order valence-electron chi connectivity index (χ1n) is 5.75. The maximum atomic E-state index is 8.58. The molecule has 0 heterocycles. The predicted molar refractivity (Wildman–Crippen MR) is 71.3 cm³/mol. The highest BCUT2D eigenvalue weighted by Crippen LogP contribution is 2.15. The van der Waals surface area contributed by atoms with Gasteiger partial charge in [0.2, 0.25) is 0 Å². The van der Waals surface area contributed by atoms with Crippen LogP contribution in [-0.4, -0.2) is 35.5 Å². The van der Waals surface area contributed by atoms with Gasteiger partial charge in [0.25, 0.3) is 0 Å². The van der Waals surface area contributed by atoms with Crippen molar-refractivity contribution in [2.24, 2.45) is 23.3 Å². The van der Waals surface area contributed by atoms with Crippen LogP contribution in [0.2, 0.25) is 0 Å². The van der Waals surface area contributed by atoms with Crippen molar-refractivity contribution >= 4 is 0 Å². The lowest BCUT2D eigenvalue weighted by atomic mass is 10.1. The first-order chi connectivity index (χ1) is 7.65.